The fourth-order valence-corrected chi connectivity index (χ4v) is 2.93. The maximum atomic E-state index is 8.42. The Labute approximate surface area is 154 Å². The van der Waals surface area contributed by atoms with Gasteiger partial charge in [-0.05, 0) is 42.0 Å². The molecule has 2 heteroatoms. The van der Waals surface area contributed by atoms with Crippen molar-refractivity contribution in [1.82, 2.24) is 4.98 Å². The average molecular weight is 333 g/mol. The molecule has 0 spiro atoms. The average Bonchev–Trinajstić information content (AvgIpc) is 2.62. The Bertz CT molecular complexity index is 955. The van der Waals surface area contributed by atoms with E-state index in [0.29, 0.717) is 5.56 Å². The Hall–Kier alpha value is -2.48. The van der Waals surface area contributed by atoms with Crippen LogP contribution in [-0.4, -0.2) is 4.98 Å². The molecule has 1 aromatic carbocycles. The zero-order chi connectivity index (χ0) is 19.8. The van der Waals surface area contributed by atoms with Crippen LogP contribution in [0.3, 0.4) is 0 Å². The van der Waals surface area contributed by atoms with Crippen molar-refractivity contribution in [2.75, 3.05) is 0 Å². The zero-order valence-electron chi connectivity index (χ0n) is 17.7. The van der Waals surface area contributed by atoms with Crippen LogP contribution in [0.25, 0.3) is 22.5 Å². The van der Waals surface area contributed by atoms with Crippen LogP contribution in [0.4, 0.5) is 0 Å². The van der Waals surface area contributed by atoms with E-state index < -0.39 is 11.8 Å². The van der Waals surface area contributed by atoms with Gasteiger partial charge in [-0.15, -0.1) is 0 Å². The minimum Gasteiger partial charge on any atom is -0.256 e. The molecule has 0 aliphatic carbocycles. The number of hydrogen-bond donors (Lipinski definition) is 0. The molecule has 0 amide bonds. The second-order valence-electron chi connectivity index (χ2n) is 7.53. The van der Waals surface area contributed by atoms with Crippen molar-refractivity contribution in [2.45, 2.75) is 34.1 Å². The minimum absolute atomic E-state index is 0.491. The summed E-state index contributed by atoms with van der Waals surface area (Å²) < 4.78 is 18.9. The number of nitrogens with zero attached hydrogens (tertiary/aromatic N) is 2. The van der Waals surface area contributed by atoms with Crippen LogP contribution in [-0.2, 0) is 13.4 Å². The topological polar surface area (TPSA) is 16.8 Å². The predicted octanol–water partition coefficient (Wildman–Crippen LogP) is 5.14. The van der Waals surface area contributed by atoms with E-state index in [1.54, 1.807) is 6.20 Å². The molecule has 0 radical (unpaired) electrons. The van der Waals surface area contributed by atoms with Crippen molar-refractivity contribution in [2.24, 2.45) is 12.5 Å². The molecule has 0 aliphatic heterocycles. The van der Waals surface area contributed by atoms with E-state index in [4.69, 9.17) is 2.74 Å². The molecule has 3 rings (SSSR count). The largest absolute Gasteiger partial charge is 0.256 e. The molecule has 0 atom stereocenters. The summed E-state index contributed by atoms with van der Waals surface area (Å²) in [5.41, 5.74) is 5.54. The van der Waals surface area contributed by atoms with E-state index in [2.05, 4.69) is 40.7 Å². The Kier molecular flexibility index (Phi) is 4.03. The number of aryl methyl sites for hydroxylation is 2. The molecule has 2 heterocycles. The van der Waals surface area contributed by atoms with Crippen molar-refractivity contribution < 1.29 is 7.31 Å². The second-order valence-corrected chi connectivity index (χ2v) is 7.53. The smallest absolute Gasteiger partial charge is 0.213 e. The Balaban J connectivity index is 2.01. The maximum absolute atomic E-state index is 8.42. The highest BCUT2D eigenvalue weighted by molar-refractivity contribution is 5.68. The highest BCUT2D eigenvalue weighted by Crippen LogP contribution is 2.26. The first-order valence-corrected chi connectivity index (χ1v) is 8.64. The van der Waals surface area contributed by atoms with Crippen LogP contribution in [0.1, 0.15) is 34.6 Å². The van der Waals surface area contributed by atoms with Crippen molar-refractivity contribution in [3.63, 3.8) is 0 Å². The summed E-state index contributed by atoms with van der Waals surface area (Å²) in [6, 6.07) is 16.3. The van der Waals surface area contributed by atoms with Crippen molar-refractivity contribution in [3.8, 4) is 22.5 Å². The first-order valence-electron chi connectivity index (χ1n) is 9.64. The highest BCUT2D eigenvalue weighted by Gasteiger charge is 2.15. The van der Waals surface area contributed by atoms with Gasteiger partial charge in [-0.25, -0.2) is 4.57 Å². The van der Waals surface area contributed by atoms with E-state index in [0.717, 1.165) is 17.0 Å². The Morgan fingerprint density at radius 3 is 2.48 bits per heavy atom. The molecule has 0 saturated carbocycles. The molecule has 3 aromatic rings. The van der Waals surface area contributed by atoms with Gasteiger partial charge in [-0.2, -0.15) is 0 Å². The van der Waals surface area contributed by atoms with Crippen LogP contribution in [0.15, 0.2) is 60.9 Å². The van der Waals surface area contributed by atoms with Gasteiger partial charge in [0.25, 0.3) is 0 Å². The lowest BCUT2D eigenvalue weighted by Gasteiger charge is -2.17. The summed E-state index contributed by atoms with van der Waals surface area (Å²) in [7, 11) is 2.04. The van der Waals surface area contributed by atoms with Gasteiger partial charge in [0, 0.05) is 32.2 Å². The molecular weight excluding hydrogens is 304 g/mol. The second kappa shape index (κ2) is 6.79. The lowest BCUT2D eigenvalue weighted by atomic mass is 9.89. The molecule has 0 saturated heterocycles. The fourth-order valence-electron chi connectivity index (χ4n) is 2.93. The number of aromatic nitrogens is 2. The van der Waals surface area contributed by atoms with E-state index in [-0.39, 0.29) is 0 Å². The van der Waals surface area contributed by atoms with Gasteiger partial charge in [-0.1, -0.05) is 45.0 Å². The lowest BCUT2D eigenvalue weighted by molar-refractivity contribution is -0.660. The number of hydrogen-bond acceptors (Lipinski definition) is 1. The molecule has 0 N–H and O–H groups in total. The Morgan fingerprint density at radius 2 is 1.84 bits per heavy atom. The molecule has 2 aromatic heterocycles. The number of benzene rings is 1. The number of pyridine rings is 2. The molecule has 25 heavy (non-hydrogen) atoms. The summed E-state index contributed by atoms with van der Waals surface area (Å²) >= 11 is 0. The summed E-state index contributed by atoms with van der Waals surface area (Å²) in [5.74, 6) is 0. The van der Waals surface area contributed by atoms with Gasteiger partial charge in [0.15, 0.2) is 6.20 Å². The molecule has 128 valence electrons. The van der Waals surface area contributed by atoms with E-state index in [9.17, 15) is 0 Å². The van der Waals surface area contributed by atoms with Gasteiger partial charge in [0.1, 0.15) is 7.05 Å². The van der Waals surface area contributed by atoms with Gasteiger partial charge in [0.05, 0.1) is 5.69 Å². The molecule has 0 fully saturated rings. The summed E-state index contributed by atoms with van der Waals surface area (Å²) in [4.78, 5) is 4.57. The lowest BCUT2D eigenvalue weighted by Crippen LogP contribution is -2.30. The highest BCUT2D eigenvalue weighted by atomic mass is 14.9. The molecular formula is C23H27N2+. The first kappa shape index (κ1) is 14.8. The summed E-state index contributed by atoms with van der Waals surface area (Å²) in [5, 5.41) is 0. The SMILES string of the molecule is [2H]C([2H])(c1ccc(-c2cc[n+](C)c(-c3ccccc3C)c2)nc1)C(C)(C)C. The van der Waals surface area contributed by atoms with Crippen molar-refractivity contribution in [3.05, 3.63) is 72.1 Å². The minimum atomic E-state index is -1.44. The standard InChI is InChI=1S/C23H27N2/c1-17-8-6-7-9-20(17)22-14-19(12-13-25(22)5)21-11-10-18(16-24-21)15-23(2,3)4/h6-14,16H,15H2,1-5H3/q+1/i15D2. The van der Waals surface area contributed by atoms with Crippen LogP contribution in [0.2, 0.25) is 0 Å². The first-order chi connectivity index (χ1) is 12.6. The molecule has 0 bridgehead atoms. The Morgan fingerprint density at radius 1 is 1.08 bits per heavy atom. The monoisotopic (exact) mass is 333 g/mol. The fraction of sp³-hybridized carbons (Fsp3) is 0.304. The van der Waals surface area contributed by atoms with Gasteiger partial charge in [0.2, 0.25) is 5.69 Å². The van der Waals surface area contributed by atoms with Crippen molar-refractivity contribution in [1.29, 1.82) is 0 Å². The predicted molar refractivity (Wildman–Crippen MR) is 104 cm³/mol. The third-order valence-electron chi connectivity index (χ3n) is 4.15. The summed E-state index contributed by atoms with van der Waals surface area (Å²) in [6.07, 6.45) is 2.27. The van der Waals surface area contributed by atoms with E-state index in [1.807, 2.05) is 58.3 Å². The van der Waals surface area contributed by atoms with Crippen LogP contribution < -0.4 is 4.57 Å². The number of rotatable bonds is 3. The molecule has 0 unspecified atom stereocenters. The molecule has 0 aliphatic rings. The quantitative estimate of drug-likeness (QED) is 0.607. The third kappa shape index (κ3) is 4.14. The van der Waals surface area contributed by atoms with E-state index in [1.165, 1.54) is 11.1 Å². The van der Waals surface area contributed by atoms with Crippen molar-refractivity contribution >= 4 is 0 Å². The normalized spacial score (nSPS) is 13.3. The zero-order valence-corrected chi connectivity index (χ0v) is 15.7. The summed E-state index contributed by atoms with van der Waals surface area (Å²) in [6.45, 7) is 7.84. The van der Waals surface area contributed by atoms with Crippen LogP contribution in [0.5, 0.6) is 0 Å². The van der Waals surface area contributed by atoms with Gasteiger partial charge in [-0.3, -0.25) is 4.98 Å². The van der Waals surface area contributed by atoms with Gasteiger partial charge >= 0.3 is 0 Å². The van der Waals surface area contributed by atoms with Crippen LogP contribution in [0, 0.1) is 12.3 Å². The molecule has 2 nitrogen and oxygen atoms in total. The van der Waals surface area contributed by atoms with Crippen LogP contribution >= 0.6 is 0 Å². The van der Waals surface area contributed by atoms with Gasteiger partial charge < -0.3 is 0 Å². The maximum Gasteiger partial charge on any atom is 0.213 e. The third-order valence-corrected chi connectivity index (χ3v) is 4.15. The van der Waals surface area contributed by atoms with E-state index >= 15 is 0 Å².